The minimum atomic E-state index is 0.171. The summed E-state index contributed by atoms with van der Waals surface area (Å²) in [5.41, 5.74) is 1.85. The first kappa shape index (κ1) is 14.4. The van der Waals surface area contributed by atoms with E-state index in [9.17, 15) is 4.79 Å². The van der Waals surface area contributed by atoms with Gasteiger partial charge >= 0.3 is 0 Å². The van der Waals surface area contributed by atoms with Crippen molar-refractivity contribution in [2.75, 3.05) is 13.1 Å². The number of benzene rings is 1. The van der Waals surface area contributed by atoms with Gasteiger partial charge in [-0.3, -0.25) is 4.79 Å². The third-order valence-corrected chi connectivity index (χ3v) is 4.44. The Bertz CT molecular complexity index is 458. The van der Waals surface area contributed by atoms with Gasteiger partial charge in [0.2, 0.25) is 0 Å². The zero-order chi connectivity index (χ0) is 13.8. The van der Waals surface area contributed by atoms with E-state index in [4.69, 9.17) is 0 Å². The lowest BCUT2D eigenvalue weighted by molar-refractivity contribution is 0.0759. The molecule has 0 aliphatic carbocycles. The SMILES string of the molecule is CCC1CCCN(C(=O)c2cc(S)ccc2C)CC1. The maximum absolute atomic E-state index is 12.6. The van der Waals surface area contributed by atoms with Crippen molar-refractivity contribution in [3.8, 4) is 0 Å². The number of nitrogens with zero attached hydrogens (tertiary/aromatic N) is 1. The standard InChI is InChI=1S/C16H23NOS/c1-3-13-5-4-9-17(10-8-13)16(18)15-11-14(19)7-6-12(15)2/h6-7,11,13,19H,3-5,8-10H2,1-2H3. The molecule has 1 aromatic rings. The van der Waals surface area contributed by atoms with Crippen LogP contribution >= 0.6 is 12.6 Å². The normalized spacial score (nSPS) is 20.2. The zero-order valence-corrected chi connectivity index (χ0v) is 12.7. The van der Waals surface area contributed by atoms with E-state index >= 15 is 0 Å². The molecule has 0 saturated carbocycles. The summed E-state index contributed by atoms with van der Waals surface area (Å²) in [5, 5.41) is 0. The van der Waals surface area contributed by atoms with Crippen LogP contribution in [0.15, 0.2) is 23.1 Å². The Morgan fingerprint density at radius 3 is 2.89 bits per heavy atom. The van der Waals surface area contributed by atoms with E-state index in [-0.39, 0.29) is 5.91 Å². The first-order valence-electron chi connectivity index (χ1n) is 7.20. The molecule has 0 bridgehead atoms. The van der Waals surface area contributed by atoms with Crippen LogP contribution < -0.4 is 0 Å². The van der Waals surface area contributed by atoms with Crippen molar-refractivity contribution in [3.05, 3.63) is 29.3 Å². The van der Waals surface area contributed by atoms with E-state index in [0.717, 1.165) is 47.9 Å². The molecule has 104 valence electrons. The van der Waals surface area contributed by atoms with Gasteiger partial charge in [0.25, 0.3) is 5.91 Å². The van der Waals surface area contributed by atoms with E-state index in [1.165, 1.54) is 12.8 Å². The predicted molar refractivity (Wildman–Crippen MR) is 82.0 cm³/mol. The zero-order valence-electron chi connectivity index (χ0n) is 11.9. The summed E-state index contributed by atoms with van der Waals surface area (Å²) < 4.78 is 0. The van der Waals surface area contributed by atoms with Crippen molar-refractivity contribution < 1.29 is 4.79 Å². The van der Waals surface area contributed by atoms with Gasteiger partial charge in [0.05, 0.1) is 0 Å². The average Bonchev–Trinajstić information content (AvgIpc) is 2.66. The van der Waals surface area contributed by atoms with Gasteiger partial charge in [-0.15, -0.1) is 12.6 Å². The van der Waals surface area contributed by atoms with Crippen molar-refractivity contribution in [2.45, 2.75) is 44.4 Å². The number of carbonyl (C=O) groups excluding carboxylic acids is 1. The minimum absolute atomic E-state index is 0.171. The molecule has 3 heteroatoms. The molecule has 1 atom stereocenters. The maximum Gasteiger partial charge on any atom is 0.254 e. The second-order valence-electron chi connectivity index (χ2n) is 5.50. The van der Waals surface area contributed by atoms with Crippen molar-refractivity contribution in [1.29, 1.82) is 0 Å². The fourth-order valence-corrected chi connectivity index (χ4v) is 2.99. The highest BCUT2D eigenvalue weighted by Crippen LogP contribution is 2.23. The Labute approximate surface area is 121 Å². The van der Waals surface area contributed by atoms with Gasteiger partial charge in [-0.1, -0.05) is 19.4 Å². The Balaban J connectivity index is 2.13. The van der Waals surface area contributed by atoms with Crippen molar-refractivity contribution >= 4 is 18.5 Å². The van der Waals surface area contributed by atoms with Crippen molar-refractivity contribution in [3.63, 3.8) is 0 Å². The van der Waals surface area contributed by atoms with E-state index in [1.807, 2.05) is 30.0 Å². The van der Waals surface area contributed by atoms with Gasteiger partial charge in [-0.05, 0) is 49.8 Å². The molecule has 1 saturated heterocycles. The number of rotatable bonds is 2. The number of likely N-dealkylation sites (tertiary alicyclic amines) is 1. The summed E-state index contributed by atoms with van der Waals surface area (Å²) in [6.07, 6.45) is 4.75. The molecule has 0 aromatic heterocycles. The van der Waals surface area contributed by atoms with E-state index < -0.39 is 0 Å². The lowest BCUT2D eigenvalue weighted by atomic mass is 9.98. The van der Waals surface area contributed by atoms with Crippen LogP contribution in [-0.4, -0.2) is 23.9 Å². The highest BCUT2D eigenvalue weighted by Gasteiger charge is 2.21. The lowest BCUT2D eigenvalue weighted by Crippen LogP contribution is -2.32. The number of aryl methyl sites for hydroxylation is 1. The second-order valence-corrected chi connectivity index (χ2v) is 6.01. The molecule has 1 heterocycles. The molecule has 2 nitrogen and oxygen atoms in total. The fourth-order valence-electron chi connectivity index (χ4n) is 2.79. The molecule has 2 rings (SSSR count). The average molecular weight is 277 g/mol. The number of carbonyl (C=O) groups is 1. The predicted octanol–water partition coefficient (Wildman–Crippen LogP) is 3.94. The molecular weight excluding hydrogens is 254 g/mol. The molecule has 1 aromatic carbocycles. The Morgan fingerprint density at radius 2 is 2.16 bits per heavy atom. The molecule has 1 fully saturated rings. The van der Waals surface area contributed by atoms with Gasteiger partial charge < -0.3 is 4.90 Å². The van der Waals surface area contributed by atoms with Crippen LogP contribution in [0.4, 0.5) is 0 Å². The van der Waals surface area contributed by atoms with Gasteiger partial charge in [0, 0.05) is 23.5 Å². The largest absolute Gasteiger partial charge is 0.339 e. The molecular formula is C16H23NOS. The Kier molecular flexibility index (Phi) is 4.92. The van der Waals surface area contributed by atoms with Crippen LogP contribution in [0.3, 0.4) is 0 Å². The van der Waals surface area contributed by atoms with Crippen LogP contribution in [0.2, 0.25) is 0 Å². The molecule has 1 unspecified atom stereocenters. The van der Waals surface area contributed by atoms with Crippen LogP contribution in [0, 0.1) is 12.8 Å². The molecule has 0 N–H and O–H groups in total. The molecule has 1 aliphatic rings. The third kappa shape index (κ3) is 3.53. The Morgan fingerprint density at radius 1 is 1.37 bits per heavy atom. The first-order valence-corrected chi connectivity index (χ1v) is 7.65. The van der Waals surface area contributed by atoms with E-state index in [1.54, 1.807) is 0 Å². The lowest BCUT2D eigenvalue weighted by Gasteiger charge is -2.21. The quantitative estimate of drug-likeness (QED) is 0.812. The Hall–Kier alpha value is -0.960. The number of amides is 1. The van der Waals surface area contributed by atoms with E-state index in [0.29, 0.717) is 0 Å². The fraction of sp³-hybridized carbons (Fsp3) is 0.562. The van der Waals surface area contributed by atoms with Gasteiger partial charge in [-0.2, -0.15) is 0 Å². The summed E-state index contributed by atoms with van der Waals surface area (Å²) in [6.45, 7) is 6.03. The topological polar surface area (TPSA) is 20.3 Å². The highest BCUT2D eigenvalue weighted by molar-refractivity contribution is 7.80. The van der Waals surface area contributed by atoms with Gasteiger partial charge in [0.1, 0.15) is 0 Å². The monoisotopic (exact) mass is 277 g/mol. The molecule has 1 aliphatic heterocycles. The first-order chi connectivity index (χ1) is 9.11. The molecule has 1 amide bonds. The highest BCUT2D eigenvalue weighted by atomic mass is 32.1. The number of thiol groups is 1. The number of hydrogen-bond acceptors (Lipinski definition) is 2. The smallest absolute Gasteiger partial charge is 0.254 e. The van der Waals surface area contributed by atoms with Gasteiger partial charge in [-0.25, -0.2) is 0 Å². The molecule has 0 radical (unpaired) electrons. The second kappa shape index (κ2) is 6.47. The minimum Gasteiger partial charge on any atom is -0.339 e. The van der Waals surface area contributed by atoms with Crippen LogP contribution in [0.5, 0.6) is 0 Å². The molecule has 19 heavy (non-hydrogen) atoms. The van der Waals surface area contributed by atoms with Crippen LogP contribution in [0.25, 0.3) is 0 Å². The molecule has 0 spiro atoms. The summed E-state index contributed by atoms with van der Waals surface area (Å²) in [7, 11) is 0. The summed E-state index contributed by atoms with van der Waals surface area (Å²) >= 11 is 4.34. The van der Waals surface area contributed by atoms with Crippen LogP contribution in [0.1, 0.15) is 48.5 Å². The maximum atomic E-state index is 12.6. The van der Waals surface area contributed by atoms with Crippen LogP contribution in [-0.2, 0) is 0 Å². The number of hydrogen-bond donors (Lipinski definition) is 1. The van der Waals surface area contributed by atoms with Gasteiger partial charge in [0.15, 0.2) is 0 Å². The summed E-state index contributed by atoms with van der Waals surface area (Å²) in [4.78, 5) is 15.5. The van der Waals surface area contributed by atoms with Crippen molar-refractivity contribution in [1.82, 2.24) is 4.90 Å². The van der Waals surface area contributed by atoms with Crippen molar-refractivity contribution in [2.24, 2.45) is 5.92 Å². The summed E-state index contributed by atoms with van der Waals surface area (Å²) in [6, 6.07) is 5.80. The third-order valence-electron chi connectivity index (χ3n) is 4.16. The summed E-state index contributed by atoms with van der Waals surface area (Å²) in [5.74, 6) is 0.959. The van der Waals surface area contributed by atoms with E-state index in [2.05, 4.69) is 19.6 Å².